The van der Waals surface area contributed by atoms with E-state index in [1.165, 1.54) is 35.2 Å². The minimum Gasteiger partial charge on any atom is -0.733 e. The van der Waals surface area contributed by atoms with E-state index in [0.29, 0.717) is 0 Å². The molecular weight excluding hydrogens is 448 g/mol. The van der Waals surface area contributed by atoms with Crippen LogP contribution in [-0.4, -0.2) is 37.6 Å². The maximum absolute atomic E-state index is 14.2. The molecule has 0 bridgehead atoms. The quantitative estimate of drug-likeness (QED) is 0.496. The van der Waals surface area contributed by atoms with Crippen LogP contribution in [0.4, 0.5) is 24.5 Å². The van der Waals surface area contributed by atoms with Crippen LogP contribution in [0.5, 0.6) is 0 Å². The van der Waals surface area contributed by atoms with Gasteiger partial charge in [0.05, 0.1) is 18.4 Å². The van der Waals surface area contributed by atoms with Gasteiger partial charge in [-0.25, -0.2) is 4.79 Å². The Hall–Kier alpha value is -2.20. The number of methoxy groups -OCH3 is 1. The van der Waals surface area contributed by atoms with Gasteiger partial charge in [-0.05, 0) is 48.4 Å². The lowest BCUT2D eigenvalue weighted by molar-refractivity contribution is -0.184. The Balaban J connectivity index is 2.03. The molecule has 2 aromatic carbocycles. The SMILES string of the molecule is COC(=O)c1ccc(N2CCC(c3cc(Cl)cc(Cl)c3)(C(F)(F)F)C2)cc1N([O-])O. The topological polar surface area (TPSA) is 76.1 Å². The van der Waals surface area contributed by atoms with Crippen LogP contribution in [-0.2, 0) is 10.2 Å². The van der Waals surface area contributed by atoms with Crippen LogP contribution in [0.25, 0.3) is 0 Å². The van der Waals surface area contributed by atoms with Gasteiger partial charge in [0.2, 0.25) is 0 Å². The maximum Gasteiger partial charge on any atom is 0.400 e. The summed E-state index contributed by atoms with van der Waals surface area (Å²) in [6, 6.07) is 7.56. The molecule has 1 aliphatic heterocycles. The molecule has 1 N–H and O–H groups in total. The van der Waals surface area contributed by atoms with E-state index >= 15 is 0 Å². The number of nitrogens with zero attached hydrogens (tertiary/aromatic N) is 2. The second-order valence-corrected chi connectivity index (χ2v) is 7.75. The van der Waals surface area contributed by atoms with E-state index in [4.69, 9.17) is 23.2 Å². The molecule has 11 heteroatoms. The van der Waals surface area contributed by atoms with E-state index in [9.17, 15) is 28.4 Å². The van der Waals surface area contributed by atoms with Gasteiger partial charge in [-0.15, -0.1) is 0 Å². The zero-order valence-corrected chi connectivity index (χ0v) is 17.1. The molecule has 0 spiro atoms. The molecular formula is C19H16Cl2F3N2O4-. The van der Waals surface area contributed by atoms with Crippen molar-refractivity contribution in [3.05, 3.63) is 62.8 Å². The average Bonchev–Trinajstić information content (AvgIpc) is 3.13. The Morgan fingerprint density at radius 1 is 1.23 bits per heavy atom. The summed E-state index contributed by atoms with van der Waals surface area (Å²) in [4.78, 5) is 13.2. The fraction of sp³-hybridized carbons (Fsp3) is 0.316. The second kappa shape index (κ2) is 8.14. The van der Waals surface area contributed by atoms with E-state index in [0.717, 1.165) is 13.2 Å². The smallest absolute Gasteiger partial charge is 0.400 e. The summed E-state index contributed by atoms with van der Waals surface area (Å²) in [7, 11) is 1.10. The number of halogens is 5. The molecule has 30 heavy (non-hydrogen) atoms. The summed E-state index contributed by atoms with van der Waals surface area (Å²) in [5.74, 6) is -0.869. The number of rotatable bonds is 4. The number of esters is 1. The number of alkyl halides is 3. The number of hydrogen-bond acceptors (Lipinski definition) is 6. The van der Waals surface area contributed by atoms with Crippen molar-refractivity contribution in [2.75, 3.05) is 30.3 Å². The summed E-state index contributed by atoms with van der Waals surface area (Å²) >= 11 is 11.9. The molecule has 0 saturated carbocycles. The van der Waals surface area contributed by atoms with E-state index < -0.39 is 35.0 Å². The summed E-state index contributed by atoms with van der Waals surface area (Å²) in [5.41, 5.74) is -2.73. The fourth-order valence-corrected chi connectivity index (χ4v) is 4.17. The van der Waals surface area contributed by atoms with Gasteiger partial charge >= 0.3 is 12.1 Å². The highest BCUT2D eigenvalue weighted by Crippen LogP contribution is 2.49. The predicted molar refractivity (Wildman–Crippen MR) is 106 cm³/mol. The molecule has 0 aliphatic carbocycles. The van der Waals surface area contributed by atoms with Crippen molar-refractivity contribution in [3.8, 4) is 0 Å². The van der Waals surface area contributed by atoms with Crippen LogP contribution >= 0.6 is 23.2 Å². The number of anilines is 2. The van der Waals surface area contributed by atoms with Crippen LogP contribution in [0.2, 0.25) is 10.0 Å². The number of benzene rings is 2. The first-order chi connectivity index (χ1) is 14.0. The van der Waals surface area contributed by atoms with Gasteiger partial charge in [0.15, 0.2) is 0 Å². The molecule has 1 saturated heterocycles. The van der Waals surface area contributed by atoms with Crippen molar-refractivity contribution in [2.24, 2.45) is 0 Å². The van der Waals surface area contributed by atoms with E-state index in [1.54, 1.807) is 0 Å². The standard InChI is InChI=1S/C19H16Cl2F3N2O4/c1-30-17(27)15-3-2-14(9-16(15)26(28)29)25-5-4-18(10-25,19(22,23)24)11-6-12(20)8-13(21)7-11/h2-3,6-9,28H,4-5,10H2,1H3/q-1. The third-order valence-electron chi connectivity index (χ3n) is 5.18. The van der Waals surface area contributed by atoms with Gasteiger partial charge in [0, 0.05) is 28.8 Å². The highest BCUT2D eigenvalue weighted by Gasteiger charge is 2.59. The largest absolute Gasteiger partial charge is 0.733 e. The van der Waals surface area contributed by atoms with Gasteiger partial charge in [0.1, 0.15) is 5.41 Å². The van der Waals surface area contributed by atoms with Crippen molar-refractivity contribution in [3.63, 3.8) is 0 Å². The first-order valence-corrected chi connectivity index (χ1v) is 9.41. The Bertz CT molecular complexity index is 951. The van der Waals surface area contributed by atoms with Gasteiger partial charge in [-0.2, -0.15) is 13.2 Å². The van der Waals surface area contributed by atoms with Crippen molar-refractivity contribution < 1.29 is 27.9 Å². The van der Waals surface area contributed by atoms with E-state index in [1.807, 2.05) is 0 Å². The highest BCUT2D eigenvalue weighted by atomic mass is 35.5. The Morgan fingerprint density at radius 2 is 1.87 bits per heavy atom. The molecule has 1 fully saturated rings. The van der Waals surface area contributed by atoms with Crippen molar-refractivity contribution in [1.29, 1.82) is 0 Å². The molecule has 162 valence electrons. The molecule has 0 aromatic heterocycles. The first-order valence-electron chi connectivity index (χ1n) is 8.65. The van der Waals surface area contributed by atoms with E-state index in [2.05, 4.69) is 4.74 Å². The summed E-state index contributed by atoms with van der Waals surface area (Å²) in [5, 5.41) is 20.5. The predicted octanol–water partition coefficient (Wildman–Crippen LogP) is 5.18. The highest BCUT2D eigenvalue weighted by molar-refractivity contribution is 6.34. The minimum absolute atomic E-state index is 0.00490. The zero-order chi connectivity index (χ0) is 22.3. The Labute approximate surface area is 179 Å². The minimum atomic E-state index is -4.61. The first kappa shape index (κ1) is 22.5. The number of carbonyl (C=O) groups excluding carboxylic acids is 1. The summed E-state index contributed by atoms with van der Waals surface area (Å²) in [6.07, 6.45) is -4.88. The molecule has 1 heterocycles. The molecule has 1 atom stereocenters. The van der Waals surface area contributed by atoms with Crippen LogP contribution in [0, 0.1) is 5.21 Å². The molecule has 1 aliphatic rings. The number of ether oxygens (including phenoxy) is 1. The van der Waals surface area contributed by atoms with Crippen LogP contribution < -0.4 is 10.1 Å². The molecule has 2 aromatic rings. The van der Waals surface area contributed by atoms with Gasteiger partial charge < -0.3 is 20.1 Å². The van der Waals surface area contributed by atoms with Crippen LogP contribution in [0.15, 0.2) is 36.4 Å². The van der Waals surface area contributed by atoms with Gasteiger partial charge in [-0.3, -0.25) is 5.21 Å². The number of carbonyl (C=O) groups is 1. The normalized spacial score (nSPS) is 19.1. The van der Waals surface area contributed by atoms with Crippen molar-refractivity contribution in [2.45, 2.75) is 18.0 Å². The van der Waals surface area contributed by atoms with Crippen LogP contribution in [0.1, 0.15) is 22.3 Å². The lowest BCUT2D eigenvalue weighted by Gasteiger charge is -2.33. The Kier molecular flexibility index (Phi) is 6.10. The fourth-order valence-electron chi connectivity index (χ4n) is 3.65. The summed E-state index contributed by atoms with van der Waals surface area (Å²) in [6.45, 7) is -0.459. The third-order valence-corrected chi connectivity index (χ3v) is 5.62. The molecule has 0 amide bonds. The van der Waals surface area contributed by atoms with Gasteiger partial charge in [-0.1, -0.05) is 23.2 Å². The number of hydrogen-bond donors (Lipinski definition) is 1. The van der Waals surface area contributed by atoms with Crippen molar-refractivity contribution in [1.82, 2.24) is 0 Å². The second-order valence-electron chi connectivity index (χ2n) is 6.88. The monoisotopic (exact) mass is 463 g/mol. The zero-order valence-electron chi connectivity index (χ0n) is 15.5. The van der Waals surface area contributed by atoms with Gasteiger partial charge in [0.25, 0.3) is 0 Å². The molecule has 6 nitrogen and oxygen atoms in total. The maximum atomic E-state index is 14.2. The molecule has 3 rings (SSSR count). The average molecular weight is 464 g/mol. The molecule has 1 unspecified atom stereocenters. The lowest BCUT2D eigenvalue weighted by atomic mass is 9.79. The third kappa shape index (κ3) is 4.02. The van der Waals surface area contributed by atoms with Crippen molar-refractivity contribution >= 4 is 40.5 Å². The Morgan fingerprint density at radius 3 is 2.40 bits per heavy atom. The van der Waals surface area contributed by atoms with E-state index in [-0.39, 0.29) is 39.8 Å². The molecule has 0 radical (unpaired) electrons. The lowest BCUT2D eigenvalue weighted by Crippen LogP contribution is -2.44. The summed E-state index contributed by atoms with van der Waals surface area (Å²) < 4.78 is 47.2. The van der Waals surface area contributed by atoms with Crippen LogP contribution in [0.3, 0.4) is 0 Å².